The highest BCUT2D eigenvalue weighted by Crippen LogP contribution is 2.51. The van der Waals surface area contributed by atoms with E-state index >= 15 is 0 Å². The molecule has 3 atom stereocenters. The Morgan fingerprint density at radius 1 is 1.32 bits per heavy atom. The number of nitrogens with zero attached hydrogens (tertiary/aromatic N) is 1. The highest BCUT2D eigenvalue weighted by Gasteiger charge is 2.48. The minimum absolute atomic E-state index is 0.0366. The largest absolute Gasteiger partial charge is 0.480 e. The monoisotopic (exact) mass is 343 g/mol. The number of rotatable bonds is 3. The number of benzene rings is 1. The molecule has 1 aliphatic carbocycles. The lowest BCUT2D eigenvalue weighted by molar-refractivity contribution is -0.158. The molecule has 0 bridgehead atoms. The van der Waals surface area contributed by atoms with Crippen LogP contribution in [-0.4, -0.2) is 47.7 Å². The first-order chi connectivity index (χ1) is 10.5. The first-order valence-electron chi connectivity index (χ1n) is 7.05. The third-order valence-corrected chi connectivity index (χ3v) is 4.73. The van der Waals surface area contributed by atoms with Crippen molar-refractivity contribution in [3.05, 3.63) is 33.8 Å². The number of carboxylic acids is 1. The van der Waals surface area contributed by atoms with Crippen molar-refractivity contribution in [1.82, 2.24) is 4.90 Å². The van der Waals surface area contributed by atoms with E-state index in [1.807, 2.05) is 6.07 Å². The van der Waals surface area contributed by atoms with Gasteiger partial charge in [-0.05, 0) is 30.0 Å². The van der Waals surface area contributed by atoms with Crippen LogP contribution >= 0.6 is 23.2 Å². The number of aliphatic carboxylic acids is 1. The molecule has 1 aromatic rings. The molecule has 3 unspecified atom stereocenters. The summed E-state index contributed by atoms with van der Waals surface area (Å²) in [7, 11) is 0. The number of carbonyl (C=O) groups is 2. The van der Waals surface area contributed by atoms with Crippen LogP contribution in [0.1, 0.15) is 17.9 Å². The van der Waals surface area contributed by atoms with Crippen molar-refractivity contribution in [2.24, 2.45) is 5.92 Å². The van der Waals surface area contributed by atoms with Gasteiger partial charge in [-0.1, -0.05) is 29.3 Å². The van der Waals surface area contributed by atoms with Gasteiger partial charge in [0.2, 0.25) is 5.91 Å². The van der Waals surface area contributed by atoms with Crippen LogP contribution in [0.4, 0.5) is 0 Å². The van der Waals surface area contributed by atoms with Crippen LogP contribution in [0.3, 0.4) is 0 Å². The summed E-state index contributed by atoms with van der Waals surface area (Å²) in [6.07, 6.45) is 0.684. The molecule has 1 aromatic carbocycles. The number of carbonyl (C=O) groups excluding carboxylic acids is 1. The van der Waals surface area contributed by atoms with Crippen molar-refractivity contribution in [3.63, 3.8) is 0 Å². The summed E-state index contributed by atoms with van der Waals surface area (Å²) in [5.74, 6) is -1.34. The van der Waals surface area contributed by atoms with E-state index in [0.717, 1.165) is 5.56 Å². The molecule has 1 amide bonds. The second kappa shape index (κ2) is 6.07. The molecule has 0 radical (unpaired) electrons. The van der Waals surface area contributed by atoms with Gasteiger partial charge in [0.25, 0.3) is 0 Å². The zero-order valence-corrected chi connectivity index (χ0v) is 13.2. The van der Waals surface area contributed by atoms with Gasteiger partial charge in [-0.3, -0.25) is 4.79 Å². The molecular formula is C15H15Cl2NO4. The van der Waals surface area contributed by atoms with Gasteiger partial charge in [0.05, 0.1) is 13.2 Å². The van der Waals surface area contributed by atoms with Crippen LogP contribution < -0.4 is 0 Å². The number of halogens is 2. The van der Waals surface area contributed by atoms with E-state index in [1.54, 1.807) is 12.1 Å². The molecule has 3 rings (SSSR count). The summed E-state index contributed by atoms with van der Waals surface area (Å²) in [5.41, 5.74) is 0.893. The highest BCUT2D eigenvalue weighted by atomic mass is 35.5. The summed E-state index contributed by atoms with van der Waals surface area (Å²) >= 11 is 12.1. The van der Waals surface area contributed by atoms with E-state index in [1.165, 1.54) is 4.90 Å². The van der Waals surface area contributed by atoms with Gasteiger partial charge in [-0.2, -0.15) is 0 Å². The van der Waals surface area contributed by atoms with Crippen LogP contribution in [0.25, 0.3) is 0 Å². The number of ether oxygens (including phenoxy) is 1. The zero-order chi connectivity index (χ0) is 15.9. The van der Waals surface area contributed by atoms with Crippen molar-refractivity contribution >= 4 is 35.1 Å². The fourth-order valence-corrected chi connectivity index (χ4v) is 3.45. The summed E-state index contributed by atoms with van der Waals surface area (Å²) < 4.78 is 5.16. The first kappa shape index (κ1) is 15.6. The van der Waals surface area contributed by atoms with Crippen molar-refractivity contribution in [1.29, 1.82) is 0 Å². The lowest BCUT2D eigenvalue weighted by Gasteiger charge is -2.33. The van der Waals surface area contributed by atoms with E-state index in [4.69, 9.17) is 27.9 Å². The molecule has 2 fully saturated rings. The lowest BCUT2D eigenvalue weighted by atomic mass is 10.1. The molecule has 1 heterocycles. The van der Waals surface area contributed by atoms with Gasteiger partial charge in [0.15, 0.2) is 6.04 Å². The zero-order valence-electron chi connectivity index (χ0n) is 11.7. The Balaban J connectivity index is 1.73. The van der Waals surface area contributed by atoms with Gasteiger partial charge in [-0.25, -0.2) is 4.79 Å². The third-order valence-electron chi connectivity index (χ3n) is 4.17. The van der Waals surface area contributed by atoms with E-state index in [2.05, 4.69) is 0 Å². The molecule has 0 aromatic heterocycles. The van der Waals surface area contributed by atoms with Crippen molar-refractivity contribution < 1.29 is 19.4 Å². The second-order valence-electron chi connectivity index (χ2n) is 5.58. The molecular weight excluding hydrogens is 329 g/mol. The normalized spacial score (nSPS) is 27.5. The maximum atomic E-state index is 12.6. The van der Waals surface area contributed by atoms with Gasteiger partial charge < -0.3 is 14.7 Å². The second-order valence-corrected chi connectivity index (χ2v) is 6.42. The molecule has 1 saturated heterocycles. The minimum atomic E-state index is -1.03. The molecule has 2 aliphatic rings. The van der Waals surface area contributed by atoms with Crippen molar-refractivity contribution in [3.8, 4) is 0 Å². The summed E-state index contributed by atoms with van der Waals surface area (Å²) in [6, 6.07) is 4.34. The highest BCUT2D eigenvalue weighted by molar-refractivity contribution is 6.35. The molecule has 1 N–H and O–H groups in total. The average Bonchev–Trinajstić information content (AvgIpc) is 3.26. The Morgan fingerprint density at radius 2 is 2.09 bits per heavy atom. The third kappa shape index (κ3) is 2.93. The fraction of sp³-hybridized carbons (Fsp3) is 0.467. The number of hydrogen-bond acceptors (Lipinski definition) is 3. The quantitative estimate of drug-likeness (QED) is 0.915. The fourth-order valence-electron chi connectivity index (χ4n) is 2.90. The Labute approximate surface area is 137 Å². The van der Waals surface area contributed by atoms with Crippen LogP contribution in [-0.2, 0) is 14.3 Å². The Hall–Kier alpha value is -1.30. The topological polar surface area (TPSA) is 66.8 Å². The summed E-state index contributed by atoms with van der Waals surface area (Å²) in [6.45, 7) is 0.724. The Kier molecular flexibility index (Phi) is 4.30. The number of morpholine rings is 1. The van der Waals surface area contributed by atoms with E-state index in [0.29, 0.717) is 29.6 Å². The van der Waals surface area contributed by atoms with Gasteiger partial charge >= 0.3 is 5.97 Å². The molecule has 0 spiro atoms. The summed E-state index contributed by atoms with van der Waals surface area (Å²) in [5, 5.41) is 10.3. The van der Waals surface area contributed by atoms with E-state index in [-0.39, 0.29) is 24.3 Å². The van der Waals surface area contributed by atoms with Crippen LogP contribution in [0, 0.1) is 5.92 Å². The number of carboxylic acid groups (broad SMARTS) is 1. The van der Waals surface area contributed by atoms with Gasteiger partial charge in [0.1, 0.15) is 0 Å². The maximum absolute atomic E-state index is 12.6. The predicted molar refractivity (Wildman–Crippen MR) is 81.3 cm³/mol. The molecule has 7 heteroatoms. The first-order valence-corrected chi connectivity index (χ1v) is 7.80. The van der Waals surface area contributed by atoms with Gasteiger partial charge in [-0.15, -0.1) is 0 Å². The van der Waals surface area contributed by atoms with Crippen molar-refractivity contribution in [2.75, 3.05) is 19.8 Å². The molecule has 1 aliphatic heterocycles. The average molecular weight is 344 g/mol. The molecule has 1 saturated carbocycles. The van der Waals surface area contributed by atoms with Crippen LogP contribution in [0.2, 0.25) is 10.0 Å². The van der Waals surface area contributed by atoms with Crippen LogP contribution in [0.5, 0.6) is 0 Å². The van der Waals surface area contributed by atoms with E-state index in [9.17, 15) is 14.7 Å². The molecule has 5 nitrogen and oxygen atoms in total. The van der Waals surface area contributed by atoms with E-state index < -0.39 is 12.0 Å². The molecule has 22 heavy (non-hydrogen) atoms. The smallest absolute Gasteiger partial charge is 0.328 e. The van der Waals surface area contributed by atoms with Gasteiger partial charge in [0, 0.05) is 22.5 Å². The van der Waals surface area contributed by atoms with Crippen LogP contribution in [0.15, 0.2) is 18.2 Å². The van der Waals surface area contributed by atoms with Crippen molar-refractivity contribution in [2.45, 2.75) is 18.4 Å². The number of amides is 1. The maximum Gasteiger partial charge on any atom is 0.328 e. The summed E-state index contributed by atoms with van der Waals surface area (Å²) in [4.78, 5) is 25.2. The molecule has 118 valence electrons. The standard InChI is InChI=1S/C15H15Cl2NO4/c16-8-1-2-9(12(17)5-8)10-6-11(10)14(19)18-3-4-22-7-13(18)15(20)21/h1-2,5,10-11,13H,3-4,6-7H2,(H,20,21). The Bertz CT molecular complexity index is 622. The number of hydrogen-bond donors (Lipinski definition) is 1. The minimum Gasteiger partial charge on any atom is -0.480 e. The predicted octanol–water partition coefficient (Wildman–Crippen LogP) is 2.41. The Morgan fingerprint density at radius 3 is 2.77 bits per heavy atom. The lowest BCUT2D eigenvalue weighted by Crippen LogP contribution is -2.53. The SMILES string of the molecule is O=C(O)C1COCCN1C(=O)C1CC1c1ccc(Cl)cc1Cl.